The van der Waals surface area contributed by atoms with E-state index in [4.69, 9.17) is 0 Å². The van der Waals surface area contributed by atoms with Crippen LogP contribution in [0.4, 0.5) is 0 Å². The fourth-order valence-electron chi connectivity index (χ4n) is 3.38. The van der Waals surface area contributed by atoms with Crippen molar-refractivity contribution in [1.29, 1.82) is 0 Å². The van der Waals surface area contributed by atoms with Crippen LogP contribution in [0.15, 0.2) is 48.8 Å². The van der Waals surface area contributed by atoms with Gasteiger partial charge in [0.15, 0.2) is 0 Å². The predicted octanol–water partition coefficient (Wildman–Crippen LogP) is 2.50. The number of benzene rings is 1. The average molecular weight is 362 g/mol. The monoisotopic (exact) mass is 362 g/mol. The first-order chi connectivity index (χ1) is 12.1. The molecule has 2 heterocycles. The highest BCUT2D eigenvalue weighted by molar-refractivity contribution is 7.86. The molecule has 1 atom stereocenters. The minimum Gasteiger partial charge on any atom is -0.273 e. The minimum absolute atomic E-state index is 0.0428. The van der Waals surface area contributed by atoms with E-state index in [1.165, 1.54) is 4.31 Å². The van der Waals surface area contributed by atoms with Gasteiger partial charge in [0.25, 0.3) is 10.2 Å². The minimum atomic E-state index is -3.46. The van der Waals surface area contributed by atoms with Crippen molar-refractivity contribution in [3.05, 3.63) is 54.4 Å². The van der Waals surface area contributed by atoms with E-state index in [0.717, 1.165) is 37.8 Å². The van der Waals surface area contributed by atoms with Gasteiger partial charge in [0.2, 0.25) is 0 Å². The predicted molar refractivity (Wildman–Crippen MR) is 98.0 cm³/mol. The largest absolute Gasteiger partial charge is 0.282 e. The molecule has 136 valence electrons. The molecule has 0 saturated carbocycles. The molecule has 25 heavy (non-hydrogen) atoms. The molecule has 0 radical (unpaired) electrons. The molecule has 1 fully saturated rings. The smallest absolute Gasteiger partial charge is 0.273 e. The van der Waals surface area contributed by atoms with E-state index in [2.05, 4.69) is 5.10 Å². The standard InChI is InChI=1S/C18H26N4O2S/c1-20(16-17-8-3-2-4-9-17)25(23,24)22-14-6-5-10-18(22)11-15-21-13-7-12-19-21/h2-4,7-9,12-13,18H,5-6,10-11,14-16H2,1H3/t18-/m0/s1. The molecule has 1 saturated heterocycles. The SMILES string of the molecule is CN(Cc1ccccc1)S(=O)(=O)N1CCCC[C@H]1CCn1cccn1. The highest BCUT2D eigenvalue weighted by Crippen LogP contribution is 2.25. The highest BCUT2D eigenvalue weighted by Gasteiger charge is 2.34. The van der Waals surface area contributed by atoms with Gasteiger partial charge in [-0.2, -0.15) is 22.1 Å². The molecule has 0 aliphatic carbocycles. The Kier molecular flexibility index (Phi) is 5.88. The molecule has 0 spiro atoms. The van der Waals surface area contributed by atoms with Crippen molar-refractivity contribution < 1.29 is 8.42 Å². The van der Waals surface area contributed by atoms with Gasteiger partial charge in [-0.05, 0) is 30.9 Å². The molecule has 1 aliphatic rings. The third kappa shape index (κ3) is 4.48. The molecule has 0 N–H and O–H groups in total. The van der Waals surface area contributed by atoms with Crippen molar-refractivity contribution in [3.63, 3.8) is 0 Å². The number of aromatic nitrogens is 2. The van der Waals surface area contributed by atoms with Crippen molar-refractivity contribution in [1.82, 2.24) is 18.4 Å². The second-order valence-corrected chi connectivity index (χ2v) is 8.56. The van der Waals surface area contributed by atoms with Crippen LogP contribution in [0.5, 0.6) is 0 Å². The van der Waals surface area contributed by atoms with E-state index in [0.29, 0.717) is 13.1 Å². The van der Waals surface area contributed by atoms with Crippen molar-refractivity contribution in [2.45, 2.75) is 44.8 Å². The summed E-state index contributed by atoms with van der Waals surface area (Å²) >= 11 is 0. The van der Waals surface area contributed by atoms with Gasteiger partial charge in [-0.15, -0.1) is 0 Å². The Hall–Kier alpha value is -1.70. The summed E-state index contributed by atoms with van der Waals surface area (Å²) in [7, 11) is -1.80. The molecule has 3 rings (SSSR count). The maximum Gasteiger partial charge on any atom is 0.282 e. The number of hydrogen-bond acceptors (Lipinski definition) is 3. The van der Waals surface area contributed by atoms with Crippen molar-refractivity contribution in [2.24, 2.45) is 0 Å². The van der Waals surface area contributed by atoms with Gasteiger partial charge >= 0.3 is 0 Å². The van der Waals surface area contributed by atoms with Crippen molar-refractivity contribution in [2.75, 3.05) is 13.6 Å². The molecular weight excluding hydrogens is 336 g/mol. The van der Waals surface area contributed by atoms with Gasteiger partial charge in [-0.1, -0.05) is 36.8 Å². The Labute approximate surface area is 150 Å². The van der Waals surface area contributed by atoms with Gasteiger partial charge in [-0.3, -0.25) is 4.68 Å². The first kappa shape index (κ1) is 18.1. The van der Waals surface area contributed by atoms with Crippen LogP contribution < -0.4 is 0 Å². The van der Waals surface area contributed by atoms with Gasteiger partial charge in [-0.25, -0.2) is 0 Å². The quantitative estimate of drug-likeness (QED) is 0.760. The van der Waals surface area contributed by atoms with Crippen LogP contribution in [-0.4, -0.2) is 46.4 Å². The van der Waals surface area contributed by atoms with Gasteiger partial charge in [0.1, 0.15) is 0 Å². The Bertz CT molecular complexity index is 747. The van der Waals surface area contributed by atoms with Crippen LogP contribution in [0.2, 0.25) is 0 Å². The molecule has 1 aromatic carbocycles. The molecule has 0 amide bonds. The third-order valence-corrected chi connectivity index (χ3v) is 6.75. The Morgan fingerprint density at radius 3 is 2.72 bits per heavy atom. The normalized spacial score (nSPS) is 19.4. The van der Waals surface area contributed by atoms with E-state index in [1.54, 1.807) is 17.5 Å². The van der Waals surface area contributed by atoms with Crippen LogP contribution in [0.1, 0.15) is 31.2 Å². The summed E-state index contributed by atoms with van der Waals surface area (Å²) in [6.45, 7) is 1.74. The molecule has 1 aliphatic heterocycles. The zero-order valence-electron chi connectivity index (χ0n) is 14.7. The van der Waals surface area contributed by atoms with E-state index >= 15 is 0 Å². The number of hydrogen-bond donors (Lipinski definition) is 0. The average Bonchev–Trinajstić information content (AvgIpc) is 3.14. The lowest BCUT2D eigenvalue weighted by molar-refractivity contribution is 0.217. The fourth-order valence-corrected chi connectivity index (χ4v) is 5.00. The summed E-state index contributed by atoms with van der Waals surface area (Å²) in [5, 5.41) is 4.22. The Morgan fingerprint density at radius 2 is 2.00 bits per heavy atom. The van der Waals surface area contributed by atoms with Crippen LogP contribution in [0, 0.1) is 0 Å². The first-order valence-corrected chi connectivity index (χ1v) is 10.2. The van der Waals surface area contributed by atoms with Crippen molar-refractivity contribution in [3.8, 4) is 0 Å². The summed E-state index contributed by atoms with van der Waals surface area (Å²) in [5.74, 6) is 0. The molecule has 1 aromatic heterocycles. The molecule has 6 nitrogen and oxygen atoms in total. The van der Waals surface area contributed by atoms with Crippen LogP contribution in [0.25, 0.3) is 0 Å². The molecular formula is C18H26N4O2S. The Balaban J connectivity index is 1.68. The second-order valence-electron chi connectivity index (χ2n) is 6.57. The molecule has 2 aromatic rings. The summed E-state index contributed by atoms with van der Waals surface area (Å²) in [6, 6.07) is 11.7. The van der Waals surface area contributed by atoms with E-state index in [1.807, 2.05) is 47.3 Å². The first-order valence-electron chi connectivity index (χ1n) is 8.82. The molecule has 7 heteroatoms. The second kappa shape index (κ2) is 8.12. The zero-order valence-corrected chi connectivity index (χ0v) is 15.5. The van der Waals surface area contributed by atoms with Crippen LogP contribution in [-0.2, 0) is 23.3 Å². The molecule has 0 unspecified atom stereocenters. The summed E-state index contributed by atoms with van der Waals surface area (Å²) in [6.07, 6.45) is 7.39. The third-order valence-electron chi connectivity index (χ3n) is 4.76. The lowest BCUT2D eigenvalue weighted by atomic mass is 10.0. The highest BCUT2D eigenvalue weighted by atomic mass is 32.2. The number of piperidine rings is 1. The Morgan fingerprint density at radius 1 is 1.20 bits per heavy atom. The number of nitrogens with zero attached hydrogens (tertiary/aromatic N) is 4. The van der Waals surface area contributed by atoms with E-state index in [9.17, 15) is 8.42 Å². The number of rotatable bonds is 7. The lowest BCUT2D eigenvalue weighted by Gasteiger charge is -2.37. The summed E-state index contributed by atoms with van der Waals surface area (Å²) < 4.78 is 31.2. The topological polar surface area (TPSA) is 58.4 Å². The maximum atomic E-state index is 13.1. The molecule has 0 bridgehead atoms. The summed E-state index contributed by atoms with van der Waals surface area (Å²) in [5.41, 5.74) is 0.999. The van der Waals surface area contributed by atoms with Crippen LogP contribution >= 0.6 is 0 Å². The number of aryl methyl sites for hydroxylation is 1. The van der Waals surface area contributed by atoms with Gasteiger partial charge in [0, 0.05) is 45.1 Å². The van der Waals surface area contributed by atoms with Gasteiger partial charge < -0.3 is 0 Å². The van der Waals surface area contributed by atoms with E-state index in [-0.39, 0.29) is 6.04 Å². The van der Waals surface area contributed by atoms with Crippen LogP contribution in [0.3, 0.4) is 0 Å². The zero-order chi connectivity index (χ0) is 17.7. The fraction of sp³-hybridized carbons (Fsp3) is 0.500. The van der Waals surface area contributed by atoms with E-state index < -0.39 is 10.2 Å². The lowest BCUT2D eigenvalue weighted by Crippen LogP contribution is -2.49. The maximum absolute atomic E-state index is 13.1. The van der Waals surface area contributed by atoms with Crippen molar-refractivity contribution >= 4 is 10.2 Å². The van der Waals surface area contributed by atoms with Gasteiger partial charge in [0.05, 0.1) is 0 Å². The summed E-state index contributed by atoms with van der Waals surface area (Å²) in [4.78, 5) is 0.